The molecule has 32 heavy (non-hydrogen) atoms. The van der Waals surface area contributed by atoms with E-state index in [1.165, 1.54) is 6.92 Å². The minimum atomic E-state index is -1.06. The van der Waals surface area contributed by atoms with Gasteiger partial charge in [0.25, 0.3) is 11.8 Å². The van der Waals surface area contributed by atoms with Gasteiger partial charge in [-0.05, 0) is 25.5 Å². The van der Waals surface area contributed by atoms with Crippen molar-refractivity contribution in [1.29, 1.82) is 0 Å². The van der Waals surface area contributed by atoms with Gasteiger partial charge < -0.3 is 15.4 Å². The number of hydrogen-bond acceptors (Lipinski definition) is 6. The molecule has 1 aliphatic heterocycles. The molecule has 0 aliphatic carbocycles. The molecule has 1 saturated heterocycles. The fraction of sp³-hybridized carbons (Fsp3) is 0.409. The zero-order chi connectivity index (χ0) is 23.5. The second-order valence-electron chi connectivity index (χ2n) is 8.59. The van der Waals surface area contributed by atoms with Crippen molar-refractivity contribution in [3.05, 3.63) is 42.1 Å². The summed E-state index contributed by atoms with van der Waals surface area (Å²) in [7, 11) is 0. The van der Waals surface area contributed by atoms with Gasteiger partial charge in [0, 0.05) is 17.9 Å². The number of para-hydroxylation sites is 1. The van der Waals surface area contributed by atoms with Crippen LogP contribution in [0, 0.1) is 0 Å². The summed E-state index contributed by atoms with van der Waals surface area (Å²) < 4.78 is 6.83. The summed E-state index contributed by atoms with van der Waals surface area (Å²) in [6.07, 6.45) is -1.10. The molecule has 2 unspecified atom stereocenters. The summed E-state index contributed by atoms with van der Waals surface area (Å²) in [6, 6.07) is 9.79. The minimum absolute atomic E-state index is 0.0838. The maximum atomic E-state index is 12.7. The van der Waals surface area contributed by atoms with E-state index in [1.807, 2.05) is 51.1 Å². The van der Waals surface area contributed by atoms with E-state index in [0.29, 0.717) is 5.82 Å². The van der Waals surface area contributed by atoms with E-state index in [1.54, 1.807) is 10.7 Å². The summed E-state index contributed by atoms with van der Waals surface area (Å²) in [4.78, 5) is 47.5. The second-order valence-corrected chi connectivity index (χ2v) is 8.59. The third-order valence-corrected chi connectivity index (χ3v) is 4.90. The molecule has 0 saturated carbocycles. The molecule has 2 heterocycles. The maximum absolute atomic E-state index is 12.7. The Kier molecular flexibility index (Phi) is 6.61. The van der Waals surface area contributed by atoms with E-state index >= 15 is 0 Å². The van der Waals surface area contributed by atoms with Crippen molar-refractivity contribution in [2.45, 2.75) is 58.1 Å². The largest absolute Gasteiger partial charge is 0.453 e. The van der Waals surface area contributed by atoms with E-state index in [2.05, 4.69) is 21.0 Å². The van der Waals surface area contributed by atoms with Gasteiger partial charge in [-0.3, -0.25) is 19.7 Å². The third-order valence-electron chi connectivity index (χ3n) is 4.90. The Morgan fingerprint density at radius 2 is 1.91 bits per heavy atom. The van der Waals surface area contributed by atoms with Crippen LogP contribution in [-0.2, 0) is 24.5 Å². The number of rotatable bonds is 7. The third kappa shape index (κ3) is 5.51. The molecule has 1 aliphatic rings. The van der Waals surface area contributed by atoms with Crippen molar-refractivity contribution in [2.24, 2.45) is 0 Å². The number of nitrogens with one attached hydrogen (secondary N) is 3. The molecule has 3 N–H and O–H groups in total. The smallest absolute Gasteiger partial charge is 0.322 e. The lowest BCUT2D eigenvalue weighted by atomic mass is 9.92. The summed E-state index contributed by atoms with van der Waals surface area (Å²) in [5.74, 6) is -1.19. The van der Waals surface area contributed by atoms with E-state index < -0.39 is 36.0 Å². The molecule has 2 aromatic rings. The Bertz CT molecular complexity index is 1030. The lowest BCUT2D eigenvalue weighted by molar-refractivity contribution is -0.153. The van der Waals surface area contributed by atoms with Crippen molar-refractivity contribution in [3.8, 4) is 5.69 Å². The van der Waals surface area contributed by atoms with Gasteiger partial charge in [-0.2, -0.15) is 5.10 Å². The van der Waals surface area contributed by atoms with Gasteiger partial charge in [0.1, 0.15) is 11.9 Å². The van der Waals surface area contributed by atoms with E-state index in [0.717, 1.165) is 11.4 Å². The first-order valence-corrected chi connectivity index (χ1v) is 10.3. The Morgan fingerprint density at radius 1 is 1.22 bits per heavy atom. The zero-order valence-electron chi connectivity index (χ0n) is 18.5. The molecule has 170 valence electrons. The van der Waals surface area contributed by atoms with Gasteiger partial charge in [0.05, 0.1) is 11.4 Å². The van der Waals surface area contributed by atoms with Crippen LogP contribution >= 0.6 is 0 Å². The van der Waals surface area contributed by atoms with Crippen molar-refractivity contribution < 1.29 is 23.9 Å². The number of hydrogen-bond donors (Lipinski definition) is 3. The molecule has 0 radical (unpaired) electrons. The van der Waals surface area contributed by atoms with Gasteiger partial charge in [-0.25, -0.2) is 9.48 Å². The zero-order valence-corrected chi connectivity index (χ0v) is 18.5. The monoisotopic (exact) mass is 441 g/mol. The second kappa shape index (κ2) is 9.21. The number of carbonyl (C=O) groups is 4. The highest BCUT2D eigenvalue weighted by atomic mass is 16.5. The minimum Gasteiger partial charge on any atom is -0.453 e. The Balaban J connectivity index is 1.64. The van der Waals surface area contributed by atoms with Crippen LogP contribution in [0.25, 0.3) is 5.69 Å². The number of amides is 4. The maximum Gasteiger partial charge on any atom is 0.322 e. The first kappa shape index (κ1) is 23.0. The van der Waals surface area contributed by atoms with Crippen LogP contribution < -0.4 is 16.0 Å². The predicted octanol–water partition coefficient (Wildman–Crippen LogP) is 2.03. The first-order chi connectivity index (χ1) is 15.0. The fourth-order valence-corrected chi connectivity index (χ4v) is 3.06. The van der Waals surface area contributed by atoms with Gasteiger partial charge in [-0.15, -0.1) is 0 Å². The van der Waals surface area contributed by atoms with Crippen LogP contribution in [0.3, 0.4) is 0 Å². The number of aromatic nitrogens is 2. The number of ether oxygens (including phenoxy) is 1. The molecule has 0 spiro atoms. The van der Waals surface area contributed by atoms with E-state index in [4.69, 9.17) is 4.74 Å². The normalized spacial score (nSPS) is 16.8. The summed E-state index contributed by atoms with van der Waals surface area (Å²) in [6.45, 7) is 7.53. The summed E-state index contributed by atoms with van der Waals surface area (Å²) >= 11 is 0. The van der Waals surface area contributed by atoms with Gasteiger partial charge in [0.2, 0.25) is 0 Å². The number of urea groups is 1. The molecule has 1 fully saturated rings. The van der Waals surface area contributed by atoms with Crippen LogP contribution in [-0.4, -0.2) is 45.7 Å². The van der Waals surface area contributed by atoms with Gasteiger partial charge in [0.15, 0.2) is 6.10 Å². The van der Waals surface area contributed by atoms with Crippen molar-refractivity contribution >= 4 is 29.6 Å². The van der Waals surface area contributed by atoms with Crippen molar-refractivity contribution in [2.75, 3.05) is 5.32 Å². The molecular weight excluding hydrogens is 414 g/mol. The van der Waals surface area contributed by atoms with E-state index in [-0.39, 0.29) is 18.3 Å². The summed E-state index contributed by atoms with van der Waals surface area (Å²) in [5.41, 5.74) is 1.33. The lowest BCUT2D eigenvalue weighted by Gasteiger charge is -2.15. The fourth-order valence-electron chi connectivity index (χ4n) is 3.06. The highest BCUT2D eigenvalue weighted by Crippen LogP contribution is 2.26. The number of nitrogens with zero attached hydrogens (tertiary/aromatic N) is 2. The van der Waals surface area contributed by atoms with Crippen LogP contribution in [0.2, 0.25) is 0 Å². The molecule has 3 rings (SSSR count). The molecule has 0 bridgehead atoms. The van der Waals surface area contributed by atoms with Crippen LogP contribution in [0.5, 0.6) is 0 Å². The number of carbonyl (C=O) groups excluding carboxylic acids is 4. The molecular formula is C22H27N5O5. The van der Waals surface area contributed by atoms with Gasteiger partial charge in [-0.1, -0.05) is 39.0 Å². The Hall–Kier alpha value is -3.69. The van der Waals surface area contributed by atoms with Crippen LogP contribution in [0.15, 0.2) is 36.4 Å². The molecule has 10 nitrogen and oxygen atoms in total. The van der Waals surface area contributed by atoms with Crippen LogP contribution in [0.1, 0.15) is 46.2 Å². The lowest BCUT2D eigenvalue weighted by Crippen LogP contribution is -2.32. The van der Waals surface area contributed by atoms with E-state index in [9.17, 15) is 19.2 Å². The Labute approximate surface area is 185 Å². The molecule has 2 atom stereocenters. The average Bonchev–Trinajstić information content (AvgIpc) is 3.29. The van der Waals surface area contributed by atoms with Crippen molar-refractivity contribution in [1.82, 2.24) is 20.4 Å². The van der Waals surface area contributed by atoms with Crippen LogP contribution in [0.4, 0.5) is 10.6 Å². The average molecular weight is 441 g/mol. The number of anilines is 1. The SMILES string of the molecule is CC(OC(=O)CCC1NC(=O)NC1=O)C(=O)Nc1cc(C(C)(C)C)nn1-c1ccccc1. The molecule has 4 amide bonds. The first-order valence-electron chi connectivity index (χ1n) is 10.3. The molecule has 1 aromatic carbocycles. The molecule has 1 aromatic heterocycles. The number of imide groups is 1. The number of esters is 1. The standard InChI is InChI=1S/C22H27N5O5/c1-13(32-18(28)11-10-15-20(30)25-21(31)23-15)19(29)24-17-12-16(22(2,3)4)26-27(17)14-8-6-5-7-9-14/h5-9,12-13,15H,10-11H2,1-4H3,(H,24,29)(H2,23,25,30,31). The molecule has 10 heteroatoms. The number of benzene rings is 1. The predicted molar refractivity (Wildman–Crippen MR) is 116 cm³/mol. The Morgan fingerprint density at radius 3 is 2.50 bits per heavy atom. The topological polar surface area (TPSA) is 131 Å². The quantitative estimate of drug-likeness (QED) is 0.445. The highest BCUT2D eigenvalue weighted by Gasteiger charge is 2.30. The van der Waals surface area contributed by atoms with Crippen molar-refractivity contribution in [3.63, 3.8) is 0 Å². The highest BCUT2D eigenvalue weighted by molar-refractivity contribution is 6.04. The summed E-state index contributed by atoms with van der Waals surface area (Å²) in [5, 5.41) is 11.9. The van der Waals surface area contributed by atoms with Gasteiger partial charge >= 0.3 is 12.0 Å².